The van der Waals surface area contributed by atoms with E-state index in [1.807, 2.05) is 27.2 Å². The molecule has 0 aliphatic rings. The van der Waals surface area contributed by atoms with E-state index in [4.69, 9.17) is 19.2 Å². The molecule has 0 aliphatic heterocycles. The molecule has 0 atom stereocenters. The molecule has 0 aromatic carbocycles. The molecule has 0 saturated heterocycles. The van der Waals surface area contributed by atoms with Crippen LogP contribution in [-0.2, 0) is 36.5 Å². The fraction of sp³-hybridized carbons (Fsp3) is 0. The Kier molecular flexibility index (Phi) is 2060. The zero-order chi connectivity index (χ0) is 8.00. The van der Waals surface area contributed by atoms with Crippen LogP contribution in [0.3, 0.4) is 0 Å². The van der Waals surface area contributed by atoms with Crippen LogP contribution in [-0.4, -0.2) is 27.2 Å². The molecule has 0 spiro atoms. The number of hydrogen-bond donors (Lipinski definition) is 0. The Balaban J connectivity index is -0.00000000762. The Hall–Kier alpha value is -0.788. The van der Waals surface area contributed by atoms with E-state index in [1.54, 1.807) is 0 Å². The molecule has 0 fully saturated rings. The van der Waals surface area contributed by atoms with Crippen LogP contribution in [0, 0.1) is 0 Å². The first-order valence-electron chi connectivity index (χ1n) is 1.15. The van der Waals surface area contributed by atoms with Gasteiger partial charge >= 0.3 is 0 Å². The van der Waals surface area contributed by atoms with E-state index in [1.165, 1.54) is 0 Å². The zero-order valence-corrected chi connectivity index (χ0v) is 6.14. The summed E-state index contributed by atoms with van der Waals surface area (Å²) in [6, 6.07) is 0. The van der Waals surface area contributed by atoms with Gasteiger partial charge in [-0.15, -0.1) is 0 Å². The monoisotopic (exact) mass is 172 g/mol. The molecule has 5 heteroatoms. The second-order valence-electron chi connectivity index (χ2n) is 0. The van der Waals surface area contributed by atoms with Gasteiger partial charge in [0, 0.05) is 17.4 Å². The Morgan fingerprint density at radius 1 is 0.444 bits per heavy atom. The third kappa shape index (κ3) is 316. The SMILES string of the molecule is C=O.C=O.C=O.C=O.[Cr]. The molecule has 0 N–H and O–H groups in total. The van der Waals surface area contributed by atoms with Gasteiger partial charge in [0.2, 0.25) is 0 Å². The quantitative estimate of drug-likeness (QED) is 0.482. The van der Waals surface area contributed by atoms with Crippen LogP contribution in [0.1, 0.15) is 0 Å². The van der Waals surface area contributed by atoms with Gasteiger partial charge in [-0.3, -0.25) is 0 Å². The Bertz CT molecular complexity index is 20.5. The van der Waals surface area contributed by atoms with Crippen LogP contribution in [0.5, 0.6) is 0 Å². The van der Waals surface area contributed by atoms with Gasteiger partial charge in [0.1, 0.15) is 27.2 Å². The number of rotatable bonds is 0. The van der Waals surface area contributed by atoms with Gasteiger partial charge in [0.25, 0.3) is 0 Å². The molecule has 4 nitrogen and oxygen atoms in total. The Labute approximate surface area is 64.4 Å². The smallest absolute Gasteiger partial charge is 0.106 e. The number of carbonyl (C=O) groups excluding carboxylic acids is 4. The average Bonchev–Trinajstić information content (AvgIpc) is 2.03. The summed E-state index contributed by atoms with van der Waals surface area (Å²) in [4.78, 5) is 32.0. The normalized spacial score (nSPS) is 1.78. The average molecular weight is 172 g/mol. The summed E-state index contributed by atoms with van der Waals surface area (Å²) in [5, 5.41) is 0. The predicted molar refractivity (Wildman–Crippen MR) is 28.5 cm³/mol. The third-order valence-electron chi connectivity index (χ3n) is 0. The molecule has 0 heterocycles. The molecule has 0 saturated carbocycles. The number of carbonyl (C=O) groups is 4. The molecule has 0 amide bonds. The number of hydrogen-bond acceptors (Lipinski definition) is 4. The van der Waals surface area contributed by atoms with E-state index in [2.05, 4.69) is 0 Å². The maximum atomic E-state index is 8.00. The molecule has 0 bridgehead atoms. The van der Waals surface area contributed by atoms with E-state index in [0.717, 1.165) is 0 Å². The first-order chi connectivity index (χ1) is 4.00. The van der Waals surface area contributed by atoms with Crippen molar-refractivity contribution in [1.29, 1.82) is 0 Å². The molecule has 0 aromatic rings. The van der Waals surface area contributed by atoms with Crippen molar-refractivity contribution in [3.05, 3.63) is 0 Å². The molecule has 0 radical (unpaired) electrons. The van der Waals surface area contributed by atoms with Crippen molar-refractivity contribution in [2.45, 2.75) is 0 Å². The zero-order valence-electron chi connectivity index (χ0n) is 4.87. The Morgan fingerprint density at radius 3 is 0.444 bits per heavy atom. The first-order valence-corrected chi connectivity index (χ1v) is 1.15. The van der Waals surface area contributed by atoms with Gasteiger partial charge in [0.15, 0.2) is 0 Å². The van der Waals surface area contributed by atoms with E-state index < -0.39 is 0 Å². The first kappa shape index (κ1) is 41.4. The van der Waals surface area contributed by atoms with Crippen molar-refractivity contribution in [3.8, 4) is 0 Å². The van der Waals surface area contributed by atoms with Crippen molar-refractivity contribution >= 4 is 27.2 Å². The summed E-state index contributed by atoms with van der Waals surface area (Å²) in [5.74, 6) is 0. The van der Waals surface area contributed by atoms with Gasteiger partial charge in [-0.25, -0.2) is 0 Å². The summed E-state index contributed by atoms with van der Waals surface area (Å²) in [5.41, 5.74) is 0. The van der Waals surface area contributed by atoms with Crippen molar-refractivity contribution < 1.29 is 36.5 Å². The molecule has 54 valence electrons. The second kappa shape index (κ2) is 449. The van der Waals surface area contributed by atoms with Crippen molar-refractivity contribution in [2.24, 2.45) is 0 Å². The van der Waals surface area contributed by atoms with Gasteiger partial charge in [-0.05, 0) is 0 Å². The third-order valence-corrected chi connectivity index (χ3v) is 0. The maximum Gasteiger partial charge on any atom is 0.106 e. The molecule has 0 aromatic heterocycles. The van der Waals surface area contributed by atoms with Crippen LogP contribution < -0.4 is 0 Å². The van der Waals surface area contributed by atoms with Crippen molar-refractivity contribution in [3.63, 3.8) is 0 Å². The molecule has 9 heavy (non-hydrogen) atoms. The largest absolute Gasteiger partial charge is 0.307 e. The summed E-state index contributed by atoms with van der Waals surface area (Å²) >= 11 is 0. The summed E-state index contributed by atoms with van der Waals surface area (Å²) in [6.07, 6.45) is 0. The van der Waals surface area contributed by atoms with Crippen molar-refractivity contribution in [1.82, 2.24) is 0 Å². The van der Waals surface area contributed by atoms with Gasteiger partial charge < -0.3 is 19.2 Å². The minimum Gasteiger partial charge on any atom is -0.307 e. The molecule has 0 rings (SSSR count). The van der Waals surface area contributed by atoms with E-state index in [0.29, 0.717) is 0 Å². The van der Waals surface area contributed by atoms with Gasteiger partial charge in [-0.1, -0.05) is 0 Å². The van der Waals surface area contributed by atoms with Crippen LogP contribution in [0.25, 0.3) is 0 Å². The topological polar surface area (TPSA) is 68.3 Å². The van der Waals surface area contributed by atoms with Crippen LogP contribution in [0.15, 0.2) is 0 Å². The summed E-state index contributed by atoms with van der Waals surface area (Å²) < 4.78 is 0. The maximum absolute atomic E-state index is 8.00. The van der Waals surface area contributed by atoms with Gasteiger partial charge in [0.05, 0.1) is 0 Å². The molecular weight excluding hydrogens is 164 g/mol. The summed E-state index contributed by atoms with van der Waals surface area (Å²) in [7, 11) is 0. The van der Waals surface area contributed by atoms with E-state index in [-0.39, 0.29) is 17.4 Å². The minimum atomic E-state index is 0. The molecule has 0 unspecified atom stereocenters. The standard InChI is InChI=1S/4CH2O.Cr/c4*1-2;/h4*1H2;. The Morgan fingerprint density at radius 2 is 0.444 bits per heavy atom. The summed E-state index contributed by atoms with van der Waals surface area (Å²) in [6.45, 7) is 8.00. The van der Waals surface area contributed by atoms with Crippen LogP contribution in [0.2, 0.25) is 0 Å². The fourth-order valence-electron chi connectivity index (χ4n) is 0. The second-order valence-corrected chi connectivity index (χ2v) is 0. The molecular formula is C4H8CrO4. The minimum absolute atomic E-state index is 0. The van der Waals surface area contributed by atoms with E-state index in [9.17, 15) is 0 Å². The predicted octanol–water partition coefficient (Wildman–Crippen LogP) is -0.742. The molecule has 0 aliphatic carbocycles. The van der Waals surface area contributed by atoms with Crippen molar-refractivity contribution in [2.75, 3.05) is 0 Å². The van der Waals surface area contributed by atoms with Crippen LogP contribution in [0.4, 0.5) is 0 Å². The van der Waals surface area contributed by atoms with Gasteiger partial charge in [-0.2, -0.15) is 0 Å². The van der Waals surface area contributed by atoms with Crippen LogP contribution >= 0.6 is 0 Å². The fourth-order valence-corrected chi connectivity index (χ4v) is 0. The van der Waals surface area contributed by atoms with E-state index >= 15 is 0 Å².